The Morgan fingerprint density at radius 2 is 1.65 bits per heavy atom. The van der Waals surface area contributed by atoms with E-state index in [1.54, 1.807) is 0 Å². The van der Waals surface area contributed by atoms with Crippen LogP contribution in [-0.4, -0.2) is 80.4 Å². The monoisotopic (exact) mass is 293 g/mol. The van der Waals surface area contributed by atoms with Gasteiger partial charge >= 0.3 is 0 Å². The van der Waals surface area contributed by atoms with E-state index < -0.39 is 48.6 Å². The number of rotatable bonds is 10. The van der Waals surface area contributed by atoms with Crippen LogP contribution in [-0.2, 0) is 14.4 Å². The first-order valence-electron chi connectivity index (χ1n) is 5.87. The van der Waals surface area contributed by atoms with Crippen molar-refractivity contribution in [1.82, 2.24) is 0 Å². The molecule has 0 radical (unpaired) electrons. The van der Waals surface area contributed by atoms with Gasteiger partial charge in [-0.25, -0.2) is 0 Å². The highest BCUT2D eigenvalue weighted by molar-refractivity contribution is 6.08. The summed E-state index contributed by atoms with van der Waals surface area (Å²) in [5.74, 6) is -2.56. The van der Waals surface area contributed by atoms with Gasteiger partial charge in [0.15, 0.2) is 17.7 Å². The average Bonchev–Trinajstić information content (AvgIpc) is 2.47. The van der Waals surface area contributed by atoms with E-state index in [4.69, 9.17) is 15.9 Å². The third kappa shape index (κ3) is 5.04. The zero-order valence-corrected chi connectivity index (χ0v) is 10.6. The minimum absolute atomic E-state index is 0.0395. The fourth-order valence-corrected chi connectivity index (χ4v) is 1.38. The Kier molecular flexibility index (Phi) is 8.30. The van der Waals surface area contributed by atoms with E-state index in [2.05, 4.69) is 0 Å². The van der Waals surface area contributed by atoms with Gasteiger partial charge in [-0.15, -0.1) is 0 Å². The molecule has 0 rings (SSSR count). The molecule has 0 amide bonds. The first-order valence-corrected chi connectivity index (χ1v) is 5.87. The van der Waals surface area contributed by atoms with Crippen LogP contribution in [0.3, 0.4) is 0 Å². The molecule has 0 saturated carbocycles. The molecule has 0 aromatic heterocycles. The molecule has 0 aromatic rings. The van der Waals surface area contributed by atoms with Gasteiger partial charge in [-0.2, -0.15) is 0 Å². The Hall–Kier alpha value is -1.23. The summed E-state index contributed by atoms with van der Waals surface area (Å²) < 4.78 is 0. The molecule has 5 atom stereocenters. The van der Waals surface area contributed by atoms with Crippen LogP contribution in [0.1, 0.15) is 12.8 Å². The predicted octanol–water partition coefficient (Wildman–Crippen LogP) is -4.13. The standard InChI is InChI=1S/C11H19NO8/c12-5(2-1-3-13)7(16)9(18)11(20)10(19)8(17)6(15)4-14/h3,5-6,8-10,14-15,17-19H,1-2,4,12H2/t5-,6+,8+,9?,10-/m0/s1. The van der Waals surface area contributed by atoms with Gasteiger partial charge < -0.3 is 36.1 Å². The highest BCUT2D eigenvalue weighted by Crippen LogP contribution is 2.07. The summed E-state index contributed by atoms with van der Waals surface area (Å²) in [7, 11) is 0. The largest absolute Gasteiger partial charge is 0.394 e. The lowest BCUT2D eigenvalue weighted by Crippen LogP contribution is -2.51. The normalized spacial score (nSPS) is 18.7. The van der Waals surface area contributed by atoms with Crippen molar-refractivity contribution in [1.29, 1.82) is 0 Å². The fourth-order valence-electron chi connectivity index (χ4n) is 1.38. The molecular weight excluding hydrogens is 274 g/mol. The number of Topliss-reactive ketones (excluding diaryl/α,β-unsaturated/α-hetero) is 2. The van der Waals surface area contributed by atoms with E-state index in [1.165, 1.54) is 0 Å². The number of carbonyl (C=O) groups is 3. The summed E-state index contributed by atoms with van der Waals surface area (Å²) in [6.45, 7) is -0.922. The van der Waals surface area contributed by atoms with Gasteiger partial charge in [0.2, 0.25) is 0 Å². The van der Waals surface area contributed by atoms with Gasteiger partial charge in [0.05, 0.1) is 12.6 Å². The second kappa shape index (κ2) is 8.84. The lowest BCUT2D eigenvalue weighted by molar-refractivity contribution is -0.153. The summed E-state index contributed by atoms with van der Waals surface area (Å²) >= 11 is 0. The molecule has 0 aliphatic carbocycles. The number of hydrogen-bond acceptors (Lipinski definition) is 9. The van der Waals surface area contributed by atoms with Crippen LogP contribution in [0.15, 0.2) is 0 Å². The van der Waals surface area contributed by atoms with Crippen LogP contribution < -0.4 is 5.73 Å². The van der Waals surface area contributed by atoms with E-state index in [1.807, 2.05) is 0 Å². The summed E-state index contributed by atoms with van der Waals surface area (Å²) in [5, 5.41) is 45.7. The number of aldehydes is 1. The van der Waals surface area contributed by atoms with Gasteiger partial charge in [0.25, 0.3) is 0 Å². The Morgan fingerprint density at radius 3 is 2.10 bits per heavy atom. The molecular formula is C11H19NO8. The van der Waals surface area contributed by atoms with Crippen molar-refractivity contribution in [2.24, 2.45) is 5.73 Å². The van der Waals surface area contributed by atoms with Crippen molar-refractivity contribution in [3.8, 4) is 0 Å². The minimum Gasteiger partial charge on any atom is -0.394 e. The predicted molar refractivity (Wildman–Crippen MR) is 64.4 cm³/mol. The smallest absolute Gasteiger partial charge is 0.200 e. The van der Waals surface area contributed by atoms with Gasteiger partial charge in [0, 0.05) is 6.42 Å². The highest BCUT2D eigenvalue weighted by atomic mass is 16.4. The quantitative estimate of drug-likeness (QED) is 0.172. The third-order valence-electron chi connectivity index (χ3n) is 2.70. The molecule has 9 heteroatoms. The van der Waals surface area contributed by atoms with Crippen LogP contribution >= 0.6 is 0 Å². The van der Waals surface area contributed by atoms with E-state index in [9.17, 15) is 29.7 Å². The molecule has 9 nitrogen and oxygen atoms in total. The molecule has 0 saturated heterocycles. The maximum atomic E-state index is 11.5. The Bertz CT molecular complexity index is 347. The number of nitrogens with two attached hydrogens (primary N) is 1. The molecule has 0 spiro atoms. The Labute approximate surface area is 114 Å². The first kappa shape index (κ1) is 18.8. The molecule has 116 valence electrons. The van der Waals surface area contributed by atoms with E-state index in [0.29, 0.717) is 6.29 Å². The molecule has 0 aliphatic rings. The van der Waals surface area contributed by atoms with Crippen LogP contribution in [0.5, 0.6) is 0 Å². The number of carbonyl (C=O) groups excluding carboxylic acids is 3. The van der Waals surface area contributed by atoms with E-state index >= 15 is 0 Å². The summed E-state index contributed by atoms with van der Waals surface area (Å²) in [5.41, 5.74) is 5.35. The van der Waals surface area contributed by atoms with Gasteiger partial charge in [-0.05, 0) is 6.42 Å². The second-order valence-electron chi connectivity index (χ2n) is 4.24. The molecule has 1 unspecified atom stereocenters. The highest BCUT2D eigenvalue weighted by Gasteiger charge is 2.37. The van der Waals surface area contributed by atoms with Crippen LogP contribution in [0.4, 0.5) is 0 Å². The topological polar surface area (TPSA) is 178 Å². The molecule has 20 heavy (non-hydrogen) atoms. The van der Waals surface area contributed by atoms with Gasteiger partial charge in [-0.3, -0.25) is 9.59 Å². The zero-order chi connectivity index (χ0) is 15.9. The number of hydrogen-bond donors (Lipinski definition) is 6. The van der Waals surface area contributed by atoms with E-state index in [0.717, 1.165) is 0 Å². The molecule has 7 N–H and O–H groups in total. The fraction of sp³-hybridized carbons (Fsp3) is 0.727. The molecule has 0 bridgehead atoms. The van der Waals surface area contributed by atoms with Crippen LogP contribution in [0, 0.1) is 0 Å². The van der Waals surface area contributed by atoms with Crippen molar-refractivity contribution in [2.45, 2.75) is 43.3 Å². The summed E-state index contributed by atoms with van der Waals surface area (Å²) in [6, 6.07) is -1.27. The molecule has 0 fully saturated rings. The maximum Gasteiger partial charge on any atom is 0.200 e. The zero-order valence-electron chi connectivity index (χ0n) is 10.6. The van der Waals surface area contributed by atoms with Crippen molar-refractivity contribution in [3.05, 3.63) is 0 Å². The van der Waals surface area contributed by atoms with Crippen molar-refractivity contribution in [2.75, 3.05) is 6.61 Å². The van der Waals surface area contributed by atoms with Gasteiger partial charge in [-0.1, -0.05) is 0 Å². The van der Waals surface area contributed by atoms with Gasteiger partial charge in [0.1, 0.15) is 24.6 Å². The molecule has 0 aliphatic heterocycles. The first-order chi connectivity index (χ1) is 9.27. The SMILES string of the molecule is N[C@@H](CCC=O)C(=O)C(O)C(=O)[C@@H](O)[C@H](O)[C@H](O)CO. The maximum absolute atomic E-state index is 11.5. The summed E-state index contributed by atoms with van der Waals surface area (Å²) in [4.78, 5) is 33.2. The number of aliphatic hydroxyl groups excluding tert-OH is 5. The number of ketones is 2. The van der Waals surface area contributed by atoms with Crippen LogP contribution in [0.2, 0.25) is 0 Å². The average molecular weight is 293 g/mol. The lowest BCUT2D eigenvalue weighted by Gasteiger charge is -2.23. The molecule has 0 heterocycles. The molecule has 0 aromatic carbocycles. The van der Waals surface area contributed by atoms with Crippen LogP contribution in [0.25, 0.3) is 0 Å². The second-order valence-corrected chi connectivity index (χ2v) is 4.24. The summed E-state index contributed by atoms with van der Waals surface area (Å²) in [6.07, 6.45) is -8.01. The Morgan fingerprint density at radius 1 is 1.10 bits per heavy atom. The van der Waals surface area contributed by atoms with E-state index in [-0.39, 0.29) is 12.8 Å². The number of aliphatic hydroxyl groups is 5. The lowest BCUT2D eigenvalue weighted by atomic mass is 9.95. The Balaban J connectivity index is 4.67. The van der Waals surface area contributed by atoms with Crippen molar-refractivity contribution >= 4 is 17.9 Å². The van der Waals surface area contributed by atoms with Crippen molar-refractivity contribution < 1.29 is 39.9 Å². The van der Waals surface area contributed by atoms with Crippen molar-refractivity contribution in [3.63, 3.8) is 0 Å². The third-order valence-corrected chi connectivity index (χ3v) is 2.70. The minimum atomic E-state index is -2.29.